The van der Waals surface area contributed by atoms with Gasteiger partial charge < -0.3 is 5.32 Å². The maximum atomic E-state index is 3.90. The molecule has 0 spiro atoms. The molecule has 0 amide bonds. The highest BCUT2D eigenvalue weighted by molar-refractivity contribution is 7.67. The number of rotatable bonds is 3. The number of aryl methyl sites for hydroxylation is 1. The summed E-state index contributed by atoms with van der Waals surface area (Å²) in [6, 6.07) is 7.91. The number of hydrogen-bond donors (Lipinski definition) is 1. The van der Waals surface area contributed by atoms with E-state index in [2.05, 4.69) is 30.4 Å². The number of anilines is 1. The maximum absolute atomic E-state index is 3.90. The Kier molecular flexibility index (Phi) is 5.47. The summed E-state index contributed by atoms with van der Waals surface area (Å²) < 4.78 is 0. The van der Waals surface area contributed by atoms with Crippen LogP contribution < -0.4 is 10.6 Å². The maximum Gasteiger partial charge on any atom is 0.0453 e. The van der Waals surface area contributed by atoms with Gasteiger partial charge in [0, 0.05) is 11.7 Å². The molecule has 1 aliphatic heterocycles. The van der Waals surface area contributed by atoms with E-state index >= 15 is 0 Å². The minimum atomic E-state index is 0.0117. The van der Waals surface area contributed by atoms with Crippen molar-refractivity contribution >= 4 is 18.9 Å². The summed E-state index contributed by atoms with van der Waals surface area (Å²) in [6.07, 6.45) is 17.5. The van der Waals surface area contributed by atoms with Crippen LogP contribution in [-0.4, -0.2) is 17.4 Å². The third kappa shape index (κ3) is 3.52. The summed E-state index contributed by atoms with van der Waals surface area (Å²) in [6.45, 7) is 2.36. The van der Waals surface area contributed by atoms with E-state index in [1.807, 2.05) is 0 Å². The lowest BCUT2D eigenvalue weighted by molar-refractivity contribution is 0.487. The fourth-order valence-electron chi connectivity index (χ4n) is 5.28. The monoisotopic (exact) mass is 343 g/mol. The molecule has 24 heavy (non-hydrogen) atoms. The van der Waals surface area contributed by atoms with Crippen molar-refractivity contribution < 1.29 is 0 Å². The van der Waals surface area contributed by atoms with E-state index in [-0.39, 0.29) is 7.92 Å². The largest absolute Gasteiger partial charge is 0.382 e. The minimum Gasteiger partial charge on any atom is -0.382 e. The van der Waals surface area contributed by atoms with E-state index in [9.17, 15) is 0 Å². The van der Waals surface area contributed by atoms with Crippen molar-refractivity contribution in [3.8, 4) is 0 Å². The molecular weight excluding hydrogens is 309 g/mol. The zero-order valence-electron chi connectivity index (χ0n) is 15.4. The molecule has 1 aromatic carbocycles. The molecule has 2 fully saturated rings. The first-order valence-electron chi connectivity index (χ1n) is 10.5. The zero-order valence-corrected chi connectivity index (χ0v) is 16.3. The number of hydrogen-bond acceptors (Lipinski definition) is 1. The van der Waals surface area contributed by atoms with Gasteiger partial charge in [-0.25, -0.2) is 0 Å². The normalized spacial score (nSPS) is 26.2. The average Bonchev–Trinajstić information content (AvgIpc) is 2.64. The molecule has 3 aliphatic rings. The van der Waals surface area contributed by atoms with Crippen molar-refractivity contribution in [3.05, 3.63) is 23.8 Å². The molecule has 2 saturated carbocycles. The first-order chi connectivity index (χ1) is 11.8. The van der Waals surface area contributed by atoms with Crippen LogP contribution in [0.3, 0.4) is 0 Å². The molecule has 1 unspecified atom stereocenters. The lowest BCUT2D eigenvalue weighted by Gasteiger charge is -2.41. The fourth-order valence-corrected chi connectivity index (χ4v) is 9.23. The van der Waals surface area contributed by atoms with Crippen LogP contribution in [0.25, 0.3) is 0 Å². The van der Waals surface area contributed by atoms with Crippen LogP contribution in [0.5, 0.6) is 0 Å². The molecule has 1 aromatic rings. The minimum absolute atomic E-state index is 0.0117. The number of nitrogens with one attached hydrogen (secondary N) is 1. The Labute approximate surface area is 149 Å². The lowest BCUT2D eigenvalue weighted by Crippen LogP contribution is -2.31. The van der Waals surface area contributed by atoms with E-state index in [1.165, 1.54) is 77.0 Å². The van der Waals surface area contributed by atoms with E-state index in [4.69, 9.17) is 0 Å². The molecule has 1 atom stereocenters. The predicted molar refractivity (Wildman–Crippen MR) is 108 cm³/mol. The Morgan fingerprint density at radius 1 is 0.833 bits per heavy atom. The van der Waals surface area contributed by atoms with Crippen LogP contribution in [0.1, 0.15) is 83.1 Å². The van der Waals surface area contributed by atoms with Gasteiger partial charge in [-0.05, 0) is 67.6 Å². The van der Waals surface area contributed by atoms with Crippen LogP contribution in [0.15, 0.2) is 18.2 Å². The lowest BCUT2D eigenvalue weighted by atomic mass is 9.99. The van der Waals surface area contributed by atoms with Gasteiger partial charge in [-0.15, -0.1) is 0 Å². The molecule has 0 saturated heterocycles. The molecule has 132 valence electrons. The fraction of sp³-hybridized carbons (Fsp3) is 0.727. The second kappa shape index (κ2) is 7.77. The Morgan fingerprint density at radius 2 is 1.46 bits per heavy atom. The molecule has 2 heteroatoms. The molecule has 2 aliphatic carbocycles. The molecule has 0 radical (unpaired) electrons. The molecule has 0 bridgehead atoms. The summed E-state index contributed by atoms with van der Waals surface area (Å²) in [5.74, 6) is 0. The number of para-hydroxylation sites is 1. The van der Waals surface area contributed by atoms with Gasteiger partial charge in [-0.1, -0.05) is 64.6 Å². The van der Waals surface area contributed by atoms with E-state index in [0.29, 0.717) is 6.04 Å². The molecule has 1 nitrogen and oxygen atoms in total. The molecular formula is C22H34NP. The van der Waals surface area contributed by atoms with Gasteiger partial charge in [-0.3, -0.25) is 0 Å². The number of benzene rings is 1. The average molecular weight is 343 g/mol. The van der Waals surface area contributed by atoms with Crippen LogP contribution in [-0.2, 0) is 6.42 Å². The molecule has 1 heterocycles. The molecule has 0 aromatic heterocycles. The van der Waals surface area contributed by atoms with Gasteiger partial charge in [0.1, 0.15) is 0 Å². The van der Waals surface area contributed by atoms with Crippen LogP contribution >= 0.6 is 7.92 Å². The second-order valence-electron chi connectivity index (χ2n) is 8.39. The van der Waals surface area contributed by atoms with E-state index < -0.39 is 0 Å². The smallest absolute Gasteiger partial charge is 0.0453 e. The van der Waals surface area contributed by atoms with Crippen LogP contribution in [0, 0.1) is 0 Å². The summed E-state index contributed by atoms with van der Waals surface area (Å²) in [5.41, 5.74) is 5.17. The first kappa shape index (κ1) is 16.9. The Balaban J connectivity index is 1.70. The zero-order chi connectivity index (χ0) is 16.4. The van der Waals surface area contributed by atoms with Gasteiger partial charge >= 0.3 is 0 Å². The summed E-state index contributed by atoms with van der Waals surface area (Å²) >= 11 is 0. The Bertz CT molecular complexity index is 525. The molecule has 1 N–H and O–H groups in total. The third-order valence-corrected chi connectivity index (χ3v) is 10.1. The van der Waals surface area contributed by atoms with Crippen LogP contribution in [0.4, 0.5) is 5.69 Å². The SMILES string of the molecule is CC1CCc2cccc(P(C3CCCCC3)C3CCCCC3)c2N1. The van der Waals surface area contributed by atoms with E-state index in [1.54, 1.807) is 16.6 Å². The first-order valence-corrected chi connectivity index (χ1v) is 12.0. The standard InChI is InChI=1S/C22H34NP/c1-17-15-16-18-9-8-14-21(22(18)23-17)24(19-10-4-2-5-11-19)20-12-6-3-7-13-20/h8-9,14,17,19-20,23H,2-7,10-13,15-16H2,1H3. The second-order valence-corrected chi connectivity index (χ2v) is 11.1. The quantitative estimate of drug-likeness (QED) is 0.644. The summed E-state index contributed by atoms with van der Waals surface area (Å²) in [4.78, 5) is 0. The van der Waals surface area contributed by atoms with Crippen molar-refractivity contribution in [1.29, 1.82) is 0 Å². The summed E-state index contributed by atoms with van der Waals surface area (Å²) in [7, 11) is 0.0117. The van der Waals surface area contributed by atoms with Gasteiger partial charge in [0.05, 0.1) is 0 Å². The molecule has 4 rings (SSSR count). The van der Waals surface area contributed by atoms with Crippen molar-refractivity contribution in [2.45, 2.75) is 101 Å². The highest BCUT2D eigenvalue weighted by Crippen LogP contribution is 2.56. The van der Waals surface area contributed by atoms with Gasteiger partial charge in [-0.2, -0.15) is 0 Å². The Morgan fingerprint density at radius 3 is 2.08 bits per heavy atom. The van der Waals surface area contributed by atoms with Crippen molar-refractivity contribution in [2.24, 2.45) is 0 Å². The Hall–Kier alpha value is -0.550. The third-order valence-electron chi connectivity index (χ3n) is 6.58. The van der Waals surface area contributed by atoms with Crippen molar-refractivity contribution in [2.75, 3.05) is 5.32 Å². The summed E-state index contributed by atoms with van der Waals surface area (Å²) in [5, 5.41) is 5.66. The van der Waals surface area contributed by atoms with Gasteiger partial charge in [0.15, 0.2) is 0 Å². The van der Waals surface area contributed by atoms with E-state index in [0.717, 1.165) is 11.3 Å². The van der Waals surface area contributed by atoms with Crippen molar-refractivity contribution in [3.63, 3.8) is 0 Å². The van der Waals surface area contributed by atoms with Crippen LogP contribution in [0.2, 0.25) is 0 Å². The van der Waals surface area contributed by atoms with Gasteiger partial charge in [0.25, 0.3) is 0 Å². The van der Waals surface area contributed by atoms with Crippen molar-refractivity contribution in [1.82, 2.24) is 0 Å². The van der Waals surface area contributed by atoms with Gasteiger partial charge in [0.2, 0.25) is 0 Å². The predicted octanol–water partition coefficient (Wildman–Crippen LogP) is 6.21. The highest BCUT2D eigenvalue weighted by atomic mass is 31.1. The number of fused-ring (bicyclic) bond motifs is 1. The topological polar surface area (TPSA) is 12.0 Å². The highest BCUT2D eigenvalue weighted by Gasteiger charge is 2.34.